The van der Waals surface area contributed by atoms with E-state index in [1.807, 2.05) is 75.4 Å². The summed E-state index contributed by atoms with van der Waals surface area (Å²) in [6.07, 6.45) is 1.12. The Morgan fingerprint density at radius 3 is 2.30 bits per heavy atom. The summed E-state index contributed by atoms with van der Waals surface area (Å²) in [7, 11) is -1.34. The second-order valence-electron chi connectivity index (χ2n) is 6.04. The van der Waals surface area contributed by atoms with Crippen LogP contribution in [0.15, 0.2) is 59.5 Å². The summed E-state index contributed by atoms with van der Waals surface area (Å²) in [5, 5.41) is 11.0. The van der Waals surface area contributed by atoms with E-state index in [2.05, 4.69) is 4.72 Å². The maximum absolute atomic E-state index is 12.5. The summed E-state index contributed by atoms with van der Waals surface area (Å²) >= 11 is 0. The van der Waals surface area contributed by atoms with Crippen molar-refractivity contribution in [3.05, 3.63) is 65.7 Å². The zero-order chi connectivity index (χ0) is 16.9. The molecule has 2 rings (SSSR count). The molecule has 0 fully saturated rings. The van der Waals surface area contributed by atoms with Gasteiger partial charge in [0.05, 0.1) is 10.5 Å². The quantitative estimate of drug-likeness (QED) is 0.817. The van der Waals surface area contributed by atoms with Crippen LogP contribution >= 0.6 is 0 Å². The molecule has 3 atom stereocenters. The molecule has 0 spiro atoms. The SMILES string of the molecule is CCC(O)(Cc1ccccc1)C(C)NS(=O)c1ccc(C)cc1. The first kappa shape index (κ1) is 17.9. The fourth-order valence-electron chi connectivity index (χ4n) is 2.53. The van der Waals surface area contributed by atoms with E-state index in [9.17, 15) is 9.32 Å². The molecule has 0 radical (unpaired) electrons. The molecule has 0 saturated heterocycles. The summed E-state index contributed by atoms with van der Waals surface area (Å²) in [5.74, 6) is 0. The number of nitrogens with one attached hydrogen (secondary N) is 1. The van der Waals surface area contributed by atoms with E-state index >= 15 is 0 Å². The highest BCUT2D eigenvalue weighted by Gasteiger charge is 2.33. The Balaban J connectivity index is 2.08. The van der Waals surface area contributed by atoms with Crippen molar-refractivity contribution in [2.75, 3.05) is 0 Å². The number of aryl methyl sites for hydroxylation is 1. The van der Waals surface area contributed by atoms with Gasteiger partial charge >= 0.3 is 0 Å². The van der Waals surface area contributed by atoms with E-state index in [0.29, 0.717) is 12.8 Å². The van der Waals surface area contributed by atoms with Crippen LogP contribution in [0.25, 0.3) is 0 Å². The second kappa shape index (κ2) is 7.86. The third kappa shape index (κ3) is 4.74. The predicted molar refractivity (Wildman–Crippen MR) is 95.6 cm³/mol. The Labute approximate surface area is 141 Å². The third-order valence-electron chi connectivity index (χ3n) is 4.29. The molecule has 0 aliphatic carbocycles. The van der Waals surface area contributed by atoms with Gasteiger partial charge in [-0.15, -0.1) is 0 Å². The average Bonchev–Trinajstić information content (AvgIpc) is 2.56. The van der Waals surface area contributed by atoms with Crippen molar-refractivity contribution in [1.82, 2.24) is 4.72 Å². The fraction of sp³-hybridized carbons (Fsp3) is 0.368. The predicted octanol–water partition coefficient (Wildman–Crippen LogP) is 3.38. The van der Waals surface area contributed by atoms with Crippen molar-refractivity contribution in [3.8, 4) is 0 Å². The molecule has 0 aliphatic heterocycles. The lowest BCUT2D eigenvalue weighted by Gasteiger charge is -2.33. The minimum atomic E-state index is -1.34. The zero-order valence-corrected chi connectivity index (χ0v) is 14.8. The van der Waals surface area contributed by atoms with E-state index < -0.39 is 16.6 Å². The molecule has 0 bridgehead atoms. The molecule has 3 unspecified atom stereocenters. The fourth-order valence-corrected chi connectivity index (χ4v) is 3.59. The largest absolute Gasteiger partial charge is 0.388 e. The van der Waals surface area contributed by atoms with Gasteiger partial charge in [0.25, 0.3) is 0 Å². The summed E-state index contributed by atoms with van der Waals surface area (Å²) in [6, 6.07) is 17.2. The lowest BCUT2D eigenvalue weighted by atomic mass is 9.86. The van der Waals surface area contributed by atoms with E-state index in [1.54, 1.807) is 0 Å². The third-order valence-corrected chi connectivity index (χ3v) is 5.56. The maximum atomic E-state index is 12.5. The first-order valence-electron chi connectivity index (χ1n) is 7.95. The molecule has 0 aliphatic rings. The van der Waals surface area contributed by atoms with Crippen LogP contribution in [0.5, 0.6) is 0 Å². The lowest BCUT2D eigenvalue weighted by Crippen LogP contribution is -2.50. The molecule has 0 amide bonds. The monoisotopic (exact) mass is 331 g/mol. The Bertz CT molecular complexity index is 642. The van der Waals surface area contributed by atoms with Gasteiger partial charge in [-0.1, -0.05) is 55.0 Å². The van der Waals surface area contributed by atoms with Crippen LogP contribution in [0.4, 0.5) is 0 Å². The Kier molecular flexibility index (Phi) is 6.10. The first-order chi connectivity index (χ1) is 10.9. The maximum Gasteiger partial charge on any atom is 0.125 e. The minimum Gasteiger partial charge on any atom is -0.388 e. The average molecular weight is 331 g/mol. The van der Waals surface area contributed by atoms with Gasteiger partial charge < -0.3 is 5.11 Å². The van der Waals surface area contributed by atoms with Gasteiger partial charge in [0.15, 0.2) is 0 Å². The van der Waals surface area contributed by atoms with Crippen LogP contribution in [0.3, 0.4) is 0 Å². The van der Waals surface area contributed by atoms with Crippen LogP contribution in [0.2, 0.25) is 0 Å². The molecule has 0 heterocycles. The molecule has 2 N–H and O–H groups in total. The van der Waals surface area contributed by atoms with Gasteiger partial charge in [0.1, 0.15) is 11.0 Å². The molecular weight excluding hydrogens is 306 g/mol. The van der Waals surface area contributed by atoms with Crippen molar-refractivity contribution in [2.45, 2.75) is 50.2 Å². The van der Waals surface area contributed by atoms with E-state index in [1.165, 1.54) is 0 Å². The number of hydrogen-bond donors (Lipinski definition) is 2. The summed E-state index contributed by atoms with van der Waals surface area (Å²) in [4.78, 5) is 0.723. The number of aliphatic hydroxyl groups is 1. The van der Waals surface area contributed by atoms with Crippen molar-refractivity contribution in [2.24, 2.45) is 0 Å². The molecule has 4 heteroatoms. The summed E-state index contributed by atoms with van der Waals surface area (Å²) in [5.41, 5.74) is 1.27. The molecule has 124 valence electrons. The van der Waals surface area contributed by atoms with Crippen LogP contribution in [0, 0.1) is 6.92 Å². The van der Waals surface area contributed by atoms with Gasteiger partial charge in [-0.05, 0) is 38.0 Å². The van der Waals surface area contributed by atoms with Gasteiger partial charge in [-0.2, -0.15) is 0 Å². The van der Waals surface area contributed by atoms with Crippen LogP contribution in [0.1, 0.15) is 31.4 Å². The highest BCUT2D eigenvalue weighted by atomic mass is 32.2. The van der Waals surface area contributed by atoms with Crippen molar-refractivity contribution < 1.29 is 9.32 Å². The Hall–Kier alpha value is -1.49. The van der Waals surface area contributed by atoms with Gasteiger partial charge in [-0.3, -0.25) is 0 Å². The highest BCUT2D eigenvalue weighted by Crippen LogP contribution is 2.22. The van der Waals surface area contributed by atoms with Gasteiger partial charge in [-0.25, -0.2) is 8.93 Å². The number of rotatable bonds is 7. The van der Waals surface area contributed by atoms with Gasteiger partial charge in [0.2, 0.25) is 0 Å². The second-order valence-corrected chi connectivity index (χ2v) is 7.29. The summed E-state index contributed by atoms with van der Waals surface area (Å²) in [6.45, 7) is 5.84. The van der Waals surface area contributed by atoms with Crippen molar-refractivity contribution >= 4 is 11.0 Å². The van der Waals surface area contributed by atoms with Crippen molar-refractivity contribution in [1.29, 1.82) is 0 Å². The minimum absolute atomic E-state index is 0.296. The van der Waals surface area contributed by atoms with Gasteiger partial charge in [0, 0.05) is 12.5 Å². The van der Waals surface area contributed by atoms with Crippen LogP contribution in [-0.4, -0.2) is 21.0 Å². The van der Waals surface area contributed by atoms with Crippen LogP contribution in [-0.2, 0) is 17.4 Å². The summed E-state index contributed by atoms with van der Waals surface area (Å²) < 4.78 is 15.5. The Morgan fingerprint density at radius 2 is 1.74 bits per heavy atom. The molecule has 2 aromatic rings. The molecule has 0 aromatic heterocycles. The molecule has 23 heavy (non-hydrogen) atoms. The molecular formula is C19H25NO2S. The normalized spacial score (nSPS) is 16.5. The van der Waals surface area contributed by atoms with E-state index in [0.717, 1.165) is 16.0 Å². The number of hydrogen-bond acceptors (Lipinski definition) is 2. The Morgan fingerprint density at radius 1 is 1.13 bits per heavy atom. The number of benzene rings is 2. The zero-order valence-electron chi connectivity index (χ0n) is 14.0. The molecule has 3 nitrogen and oxygen atoms in total. The van der Waals surface area contributed by atoms with E-state index in [-0.39, 0.29) is 6.04 Å². The standard InChI is InChI=1S/C19H25NO2S/c1-4-19(21,14-17-8-6-5-7-9-17)16(3)20-23(22)18-12-10-15(2)11-13-18/h5-13,16,20-21H,4,14H2,1-3H3. The van der Waals surface area contributed by atoms with Crippen molar-refractivity contribution in [3.63, 3.8) is 0 Å². The molecule has 2 aromatic carbocycles. The first-order valence-corrected chi connectivity index (χ1v) is 9.10. The topological polar surface area (TPSA) is 49.3 Å². The lowest BCUT2D eigenvalue weighted by molar-refractivity contribution is 0.0112. The van der Waals surface area contributed by atoms with E-state index in [4.69, 9.17) is 0 Å². The van der Waals surface area contributed by atoms with Crippen LogP contribution < -0.4 is 4.72 Å². The molecule has 0 saturated carbocycles. The smallest absolute Gasteiger partial charge is 0.125 e. The highest BCUT2D eigenvalue weighted by molar-refractivity contribution is 7.83.